The molecule has 1 aliphatic carbocycles. The molecule has 1 fully saturated rings. The van der Waals surface area contributed by atoms with E-state index in [1.807, 2.05) is 13.8 Å². The molecule has 0 spiro atoms. The molecule has 100 valence electrons. The monoisotopic (exact) mass is 249 g/mol. The second kappa shape index (κ2) is 6.14. The van der Waals surface area contributed by atoms with E-state index >= 15 is 0 Å². The minimum absolute atomic E-state index is 0.0116. The largest absolute Gasteiger partial charge is 0.384 e. The first kappa shape index (κ1) is 13.3. The highest BCUT2D eigenvalue weighted by atomic mass is 16.5. The molecular formula is C14H23N3O. The number of aryl methyl sites for hydroxylation is 1. The van der Waals surface area contributed by atoms with Crippen LogP contribution < -0.4 is 5.73 Å². The van der Waals surface area contributed by atoms with Gasteiger partial charge in [0.1, 0.15) is 11.9 Å². The highest BCUT2D eigenvalue weighted by Crippen LogP contribution is 2.35. The molecule has 1 heterocycles. The van der Waals surface area contributed by atoms with Crippen LogP contribution in [0.5, 0.6) is 0 Å². The van der Waals surface area contributed by atoms with Crippen molar-refractivity contribution in [1.29, 1.82) is 0 Å². The van der Waals surface area contributed by atoms with Crippen molar-refractivity contribution in [2.24, 2.45) is 5.92 Å². The van der Waals surface area contributed by atoms with Gasteiger partial charge < -0.3 is 10.5 Å². The number of rotatable bonds is 4. The van der Waals surface area contributed by atoms with Gasteiger partial charge in [-0.1, -0.05) is 19.3 Å². The third-order valence-electron chi connectivity index (χ3n) is 3.57. The molecule has 2 rings (SSSR count). The van der Waals surface area contributed by atoms with Crippen molar-refractivity contribution < 1.29 is 4.74 Å². The Kier molecular flexibility index (Phi) is 4.53. The maximum Gasteiger partial charge on any atom is 0.159 e. The molecule has 1 atom stereocenters. The molecule has 4 nitrogen and oxygen atoms in total. The molecule has 0 aliphatic heterocycles. The standard InChI is InChI=1S/C14H23N3O/c1-3-18-13(11-7-5-4-6-8-11)14-16-10(2)9-12(15)17-14/h9,11,13H,3-8H2,1-2H3,(H2,15,16,17). The number of aromatic nitrogens is 2. The zero-order valence-electron chi connectivity index (χ0n) is 11.4. The lowest BCUT2D eigenvalue weighted by Gasteiger charge is -2.29. The summed E-state index contributed by atoms with van der Waals surface area (Å²) in [5.74, 6) is 1.85. The summed E-state index contributed by atoms with van der Waals surface area (Å²) < 4.78 is 5.90. The van der Waals surface area contributed by atoms with Crippen LogP contribution in [0.15, 0.2) is 6.07 Å². The first-order chi connectivity index (χ1) is 8.70. The first-order valence-corrected chi connectivity index (χ1v) is 6.93. The third kappa shape index (κ3) is 3.19. The van der Waals surface area contributed by atoms with Gasteiger partial charge in [0.05, 0.1) is 0 Å². The number of hydrogen-bond donors (Lipinski definition) is 1. The fraction of sp³-hybridized carbons (Fsp3) is 0.714. The minimum Gasteiger partial charge on any atom is -0.384 e. The van der Waals surface area contributed by atoms with E-state index in [4.69, 9.17) is 10.5 Å². The van der Waals surface area contributed by atoms with Crippen LogP contribution in [0.1, 0.15) is 56.7 Å². The van der Waals surface area contributed by atoms with Crippen molar-refractivity contribution in [3.05, 3.63) is 17.6 Å². The van der Waals surface area contributed by atoms with E-state index in [0.29, 0.717) is 18.3 Å². The molecule has 0 amide bonds. The van der Waals surface area contributed by atoms with Crippen LogP contribution in [0, 0.1) is 12.8 Å². The topological polar surface area (TPSA) is 61.0 Å². The molecule has 4 heteroatoms. The minimum atomic E-state index is 0.0116. The number of nitrogens with two attached hydrogens (primary N) is 1. The summed E-state index contributed by atoms with van der Waals surface area (Å²) >= 11 is 0. The van der Waals surface area contributed by atoms with Gasteiger partial charge in [0.2, 0.25) is 0 Å². The average molecular weight is 249 g/mol. The van der Waals surface area contributed by atoms with E-state index in [0.717, 1.165) is 11.5 Å². The Labute approximate surface area is 109 Å². The lowest BCUT2D eigenvalue weighted by Crippen LogP contribution is -2.22. The van der Waals surface area contributed by atoms with Crippen molar-refractivity contribution >= 4 is 5.82 Å². The molecule has 0 saturated heterocycles. The molecule has 0 aromatic carbocycles. The third-order valence-corrected chi connectivity index (χ3v) is 3.57. The normalized spacial score (nSPS) is 18.8. The van der Waals surface area contributed by atoms with Gasteiger partial charge >= 0.3 is 0 Å². The highest BCUT2D eigenvalue weighted by molar-refractivity contribution is 5.29. The Morgan fingerprint density at radius 3 is 2.67 bits per heavy atom. The predicted octanol–water partition coefficient (Wildman–Crippen LogP) is 3.03. The summed E-state index contributed by atoms with van der Waals surface area (Å²) in [6.45, 7) is 4.67. The Hall–Kier alpha value is -1.16. The zero-order valence-corrected chi connectivity index (χ0v) is 11.4. The summed E-state index contributed by atoms with van der Waals surface area (Å²) in [5.41, 5.74) is 6.73. The van der Waals surface area contributed by atoms with Crippen LogP contribution in [0.2, 0.25) is 0 Å². The van der Waals surface area contributed by atoms with Crippen molar-refractivity contribution in [3.63, 3.8) is 0 Å². The molecule has 1 aromatic heterocycles. The van der Waals surface area contributed by atoms with Crippen LogP contribution in [0.4, 0.5) is 5.82 Å². The Balaban J connectivity index is 2.22. The van der Waals surface area contributed by atoms with Gasteiger partial charge in [0.25, 0.3) is 0 Å². The van der Waals surface area contributed by atoms with E-state index in [2.05, 4.69) is 9.97 Å². The van der Waals surface area contributed by atoms with E-state index in [9.17, 15) is 0 Å². The molecule has 1 aliphatic rings. The maximum absolute atomic E-state index is 5.90. The van der Waals surface area contributed by atoms with Crippen LogP contribution >= 0.6 is 0 Å². The summed E-state index contributed by atoms with van der Waals surface area (Å²) in [4.78, 5) is 8.88. The Bertz CT molecular complexity index is 368. The van der Waals surface area contributed by atoms with Gasteiger partial charge in [0, 0.05) is 18.4 Å². The van der Waals surface area contributed by atoms with Gasteiger partial charge in [-0.2, -0.15) is 0 Å². The number of hydrogen-bond acceptors (Lipinski definition) is 4. The predicted molar refractivity (Wildman–Crippen MR) is 72.1 cm³/mol. The molecule has 0 radical (unpaired) electrons. The number of ether oxygens (including phenoxy) is 1. The Morgan fingerprint density at radius 2 is 2.06 bits per heavy atom. The van der Waals surface area contributed by atoms with E-state index < -0.39 is 0 Å². The molecular weight excluding hydrogens is 226 g/mol. The molecule has 1 aromatic rings. The lowest BCUT2D eigenvalue weighted by atomic mass is 9.85. The number of anilines is 1. The number of nitrogens with zero attached hydrogens (tertiary/aromatic N) is 2. The van der Waals surface area contributed by atoms with E-state index in [1.54, 1.807) is 6.07 Å². The Morgan fingerprint density at radius 1 is 1.33 bits per heavy atom. The van der Waals surface area contributed by atoms with Gasteiger partial charge in [0.15, 0.2) is 5.82 Å². The molecule has 1 saturated carbocycles. The van der Waals surface area contributed by atoms with Crippen molar-refractivity contribution in [3.8, 4) is 0 Å². The zero-order chi connectivity index (χ0) is 13.0. The molecule has 1 unspecified atom stereocenters. The highest BCUT2D eigenvalue weighted by Gasteiger charge is 2.28. The van der Waals surface area contributed by atoms with Crippen LogP contribution in [0.3, 0.4) is 0 Å². The summed E-state index contributed by atoms with van der Waals surface area (Å²) in [5, 5.41) is 0. The van der Waals surface area contributed by atoms with Gasteiger partial charge in [-0.05, 0) is 32.6 Å². The fourth-order valence-corrected chi connectivity index (χ4v) is 2.78. The SMILES string of the molecule is CCOC(c1nc(C)cc(N)n1)C1CCCCC1. The maximum atomic E-state index is 5.90. The summed E-state index contributed by atoms with van der Waals surface area (Å²) in [7, 11) is 0. The average Bonchev–Trinajstić information content (AvgIpc) is 2.36. The first-order valence-electron chi connectivity index (χ1n) is 6.93. The fourth-order valence-electron chi connectivity index (χ4n) is 2.78. The van der Waals surface area contributed by atoms with Crippen molar-refractivity contribution in [2.75, 3.05) is 12.3 Å². The van der Waals surface area contributed by atoms with Gasteiger partial charge in [-0.25, -0.2) is 9.97 Å². The quantitative estimate of drug-likeness (QED) is 0.891. The molecule has 0 bridgehead atoms. The van der Waals surface area contributed by atoms with E-state index in [-0.39, 0.29) is 6.10 Å². The second-order valence-electron chi connectivity index (χ2n) is 5.07. The van der Waals surface area contributed by atoms with Crippen LogP contribution in [-0.2, 0) is 4.74 Å². The van der Waals surface area contributed by atoms with Crippen molar-refractivity contribution in [2.45, 2.75) is 52.1 Å². The van der Waals surface area contributed by atoms with Gasteiger partial charge in [-0.3, -0.25) is 0 Å². The molecule has 18 heavy (non-hydrogen) atoms. The smallest absolute Gasteiger partial charge is 0.159 e. The van der Waals surface area contributed by atoms with Crippen LogP contribution in [-0.4, -0.2) is 16.6 Å². The second-order valence-corrected chi connectivity index (χ2v) is 5.07. The van der Waals surface area contributed by atoms with Crippen molar-refractivity contribution in [1.82, 2.24) is 9.97 Å². The summed E-state index contributed by atoms with van der Waals surface area (Å²) in [6, 6.07) is 1.80. The number of nitrogen functional groups attached to an aromatic ring is 1. The van der Waals surface area contributed by atoms with E-state index in [1.165, 1.54) is 32.1 Å². The molecule has 2 N–H and O–H groups in total. The van der Waals surface area contributed by atoms with Crippen LogP contribution in [0.25, 0.3) is 0 Å². The summed E-state index contributed by atoms with van der Waals surface area (Å²) in [6.07, 6.45) is 6.35. The lowest BCUT2D eigenvalue weighted by molar-refractivity contribution is -0.000185. The van der Waals surface area contributed by atoms with Gasteiger partial charge in [-0.15, -0.1) is 0 Å².